The molecule has 0 atom stereocenters. The Bertz CT molecular complexity index is 243. The van der Waals surface area contributed by atoms with E-state index in [9.17, 15) is 0 Å². The second-order valence-corrected chi connectivity index (χ2v) is 9.25. The Balaban J connectivity index is 2.97. The van der Waals surface area contributed by atoms with Crippen molar-refractivity contribution in [3.8, 4) is 0 Å². The molecule has 2 nitrogen and oxygen atoms in total. The predicted octanol–water partition coefficient (Wildman–Crippen LogP) is 8.56. The van der Waals surface area contributed by atoms with Gasteiger partial charge < -0.3 is 10.4 Å². The number of rotatable bonds is 26. The Hall–Kier alpha value is -0.0800. The first-order chi connectivity index (χ1) is 14.4. The number of nitrogens with one attached hydrogen (secondary N) is 1. The SMILES string of the molecule is CCCCCCCCCCCCCCCCCCCCCCNCCCCCO. The molecule has 0 radical (unpaired) electrons. The zero-order chi connectivity index (χ0) is 21.1. The van der Waals surface area contributed by atoms with E-state index < -0.39 is 0 Å². The molecule has 2 heteroatoms. The number of hydrogen-bond acceptors (Lipinski definition) is 2. The average Bonchev–Trinajstić information content (AvgIpc) is 2.74. The van der Waals surface area contributed by atoms with Crippen molar-refractivity contribution in [3.63, 3.8) is 0 Å². The monoisotopic (exact) mass is 411 g/mol. The number of unbranched alkanes of at least 4 members (excludes halogenated alkanes) is 21. The maximum absolute atomic E-state index is 8.73. The molecule has 0 aromatic rings. The molecular formula is C27H57NO. The molecule has 0 aromatic carbocycles. The zero-order valence-electron chi connectivity index (χ0n) is 20.3. The lowest BCUT2D eigenvalue weighted by Crippen LogP contribution is -2.16. The van der Waals surface area contributed by atoms with Gasteiger partial charge in [-0.2, -0.15) is 0 Å². The zero-order valence-corrected chi connectivity index (χ0v) is 20.3. The van der Waals surface area contributed by atoms with Crippen molar-refractivity contribution in [1.82, 2.24) is 5.32 Å². The van der Waals surface area contributed by atoms with Crippen LogP contribution in [-0.2, 0) is 0 Å². The van der Waals surface area contributed by atoms with Gasteiger partial charge in [-0.25, -0.2) is 0 Å². The van der Waals surface area contributed by atoms with Gasteiger partial charge in [0, 0.05) is 6.61 Å². The van der Waals surface area contributed by atoms with E-state index in [0.717, 1.165) is 19.4 Å². The number of aliphatic hydroxyl groups is 1. The molecule has 0 saturated heterocycles. The molecule has 0 heterocycles. The lowest BCUT2D eigenvalue weighted by atomic mass is 10.0. The Morgan fingerprint density at radius 2 is 0.655 bits per heavy atom. The van der Waals surface area contributed by atoms with E-state index in [0.29, 0.717) is 6.61 Å². The summed E-state index contributed by atoms with van der Waals surface area (Å²) in [5.74, 6) is 0. The first-order valence-corrected chi connectivity index (χ1v) is 13.7. The second-order valence-electron chi connectivity index (χ2n) is 9.25. The lowest BCUT2D eigenvalue weighted by Gasteiger charge is -2.05. The van der Waals surface area contributed by atoms with E-state index in [-0.39, 0.29) is 0 Å². The molecule has 0 rings (SSSR count). The first kappa shape index (κ1) is 28.9. The Morgan fingerprint density at radius 3 is 0.966 bits per heavy atom. The van der Waals surface area contributed by atoms with Crippen LogP contribution in [-0.4, -0.2) is 24.8 Å². The second kappa shape index (κ2) is 27.9. The molecule has 0 spiro atoms. The van der Waals surface area contributed by atoms with Gasteiger partial charge >= 0.3 is 0 Å². The predicted molar refractivity (Wildman–Crippen MR) is 132 cm³/mol. The maximum atomic E-state index is 8.73. The molecule has 0 amide bonds. The highest BCUT2D eigenvalue weighted by atomic mass is 16.2. The van der Waals surface area contributed by atoms with Crippen molar-refractivity contribution < 1.29 is 5.11 Å². The van der Waals surface area contributed by atoms with E-state index in [2.05, 4.69) is 12.2 Å². The van der Waals surface area contributed by atoms with Crippen LogP contribution in [0.1, 0.15) is 155 Å². The van der Waals surface area contributed by atoms with E-state index in [4.69, 9.17) is 5.11 Å². The highest BCUT2D eigenvalue weighted by Gasteiger charge is 1.95. The molecule has 176 valence electrons. The summed E-state index contributed by atoms with van der Waals surface area (Å²) >= 11 is 0. The quantitative estimate of drug-likeness (QED) is 0.140. The Morgan fingerprint density at radius 1 is 0.379 bits per heavy atom. The molecular weight excluding hydrogens is 354 g/mol. The Labute approximate surface area is 185 Å². The van der Waals surface area contributed by atoms with Gasteiger partial charge in [0.25, 0.3) is 0 Å². The van der Waals surface area contributed by atoms with Gasteiger partial charge in [-0.15, -0.1) is 0 Å². The fraction of sp³-hybridized carbons (Fsp3) is 1.00. The molecule has 0 aliphatic heterocycles. The van der Waals surface area contributed by atoms with Crippen LogP contribution in [0.2, 0.25) is 0 Å². The molecule has 0 aromatic heterocycles. The summed E-state index contributed by atoms with van der Waals surface area (Å²) in [6.07, 6.45) is 32.3. The van der Waals surface area contributed by atoms with Gasteiger partial charge in [0.1, 0.15) is 0 Å². The van der Waals surface area contributed by atoms with Gasteiger partial charge in [0.2, 0.25) is 0 Å². The topological polar surface area (TPSA) is 32.3 Å². The summed E-state index contributed by atoms with van der Waals surface area (Å²) in [5.41, 5.74) is 0. The molecule has 0 aliphatic rings. The van der Waals surface area contributed by atoms with Crippen molar-refractivity contribution in [3.05, 3.63) is 0 Å². The summed E-state index contributed by atoms with van der Waals surface area (Å²) in [5, 5.41) is 12.3. The van der Waals surface area contributed by atoms with Crippen LogP contribution in [0.3, 0.4) is 0 Å². The summed E-state index contributed by atoms with van der Waals surface area (Å²) in [7, 11) is 0. The summed E-state index contributed by atoms with van der Waals surface area (Å²) < 4.78 is 0. The highest BCUT2D eigenvalue weighted by molar-refractivity contribution is 4.53. The van der Waals surface area contributed by atoms with E-state index in [1.54, 1.807) is 0 Å². The summed E-state index contributed by atoms with van der Waals surface area (Å²) in [4.78, 5) is 0. The van der Waals surface area contributed by atoms with Crippen molar-refractivity contribution in [2.45, 2.75) is 155 Å². The minimum absolute atomic E-state index is 0.347. The van der Waals surface area contributed by atoms with Gasteiger partial charge in [-0.05, 0) is 38.8 Å². The van der Waals surface area contributed by atoms with Gasteiger partial charge in [-0.3, -0.25) is 0 Å². The third-order valence-electron chi connectivity index (χ3n) is 6.22. The number of hydrogen-bond donors (Lipinski definition) is 2. The molecule has 0 unspecified atom stereocenters. The first-order valence-electron chi connectivity index (χ1n) is 13.7. The number of aliphatic hydroxyl groups excluding tert-OH is 1. The fourth-order valence-corrected chi connectivity index (χ4v) is 4.17. The van der Waals surface area contributed by atoms with Crippen LogP contribution in [0.25, 0.3) is 0 Å². The molecule has 29 heavy (non-hydrogen) atoms. The van der Waals surface area contributed by atoms with Gasteiger partial charge in [0.05, 0.1) is 0 Å². The molecule has 0 fully saturated rings. The molecule has 0 bridgehead atoms. The minimum Gasteiger partial charge on any atom is -0.396 e. The van der Waals surface area contributed by atoms with Crippen LogP contribution in [0.5, 0.6) is 0 Å². The fourth-order valence-electron chi connectivity index (χ4n) is 4.17. The summed E-state index contributed by atoms with van der Waals surface area (Å²) in [6, 6.07) is 0. The average molecular weight is 412 g/mol. The van der Waals surface area contributed by atoms with E-state index in [1.807, 2.05) is 0 Å². The normalized spacial score (nSPS) is 11.4. The maximum Gasteiger partial charge on any atom is 0.0431 e. The molecule has 0 aliphatic carbocycles. The van der Waals surface area contributed by atoms with Crippen LogP contribution in [0.4, 0.5) is 0 Å². The van der Waals surface area contributed by atoms with Gasteiger partial charge in [0.15, 0.2) is 0 Å². The largest absolute Gasteiger partial charge is 0.396 e. The third-order valence-corrected chi connectivity index (χ3v) is 6.22. The van der Waals surface area contributed by atoms with E-state index in [1.165, 1.54) is 141 Å². The van der Waals surface area contributed by atoms with E-state index >= 15 is 0 Å². The van der Waals surface area contributed by atoms with Crippen LogP contribution in [0.15, 0.2) is 0 Å². The molecule has 2 N–H and O–H groups in total. The van der Waals surface area contributed by atoms with Crippen molar-refractivity contribution in [1.29, 1.82) is 0 Å². The van der Waals surface area contributed by atoms with Crippen LogP contribution < -0.4 is 5.32 Å². The van der Waals surface area contributed by atoms with Crippen LogP contribution in [0, 0.1) is 0 Å². The van der Waals surface area contributed by atoms with Crippen molar-refractivity contribution in [2.75, 3.05) is 19.7 Å². The van der Waals surface area contributed by atoms with Crippen molar-refractivity contribution in [2.24, 2.45) is 0 Å². The Kier molecular flexibility index (Phi) is 27.8. The highest BCUT2D eigenvalue weighted by Crippen LogP contribution is 2.14. The standard InChI is InChI=1S/C27H57NO/c1-2-3-4-5-6-7-8-9-10-11-12-13-14-15-16-17-18-19-20-22-25-28-26-23-21-24-27-29/h28-29H,2-27H2,1H3. The van der Waals surface area contributed by atoms with Crippen molar-refractivity contribution >= 4 is 0 Å². The van der Waals surface area contributed by atoms with Gasteiger partial charge in [-0.1, -0.05) is 129 Å². The molecule has 0 saturated carbocycles. The van der Waals surface area contributed by atoms with Crippen LogP contribution >= 0.6 is 0 Å². The third kappa shape index (κ3) is 27.9. The minimum atomic E-state index is 0.347. The summed E-state index contributed by atoms with van der Waals surface area (Å²) in [6.45, 7) is 4.95. The smallest absolute Gasteiger partial charge is 0.0431 e. The lowest BCUT2D eigenvalue weighted by molar-refractivity contribution is 0.283.